The predicted octanol–water partition coefficient (Wildman–Crippen LogP) is 9.22. The third-order valence-corrected chi connectivity index (χ3v) is 8.01. The van der Waals surface area contributed by atoms with Gasteiger partial charge in [0.2, 0.25) is 0 Å². The number of carbonyl (C=O) groups is 1. The van der Waals surface area contributed by atoms with E-state index in [-0.39, 0.29) is 5.78 Å². The largest absolute Gasteiger partial charge is 0.289 e. The maximum atomic E-state index is 14.2. The van der Waals surface area contributed by atoms with Gasteiger partial charge >= 0.3 is 0 Å². The molecule has 0 bridgehead atoms. The Bertz CT molecular complexity index is 1650. The third kappa shape index (κ3) is 5.90. The van der Waals surface area contributed by atoms with Crippen molar-refractivity contribution in [3.63, 3.8) is 0 Å². The predicted molar refractivity (Wildman–Crippen MR) is 171 cm³/mol. The summed E-state index contributed by atoms with van der Waals surface area (Å²) in [6.07, 6.45) is 3.87. The Morgan fingerprint density at radius 1 is 0.390 bits per heavy atom. The number of hydrogen-bond acceptors (Lipinski definition) is 1. The molecular formula is C40H34O. The average molecular weight is 531 g/mol. The molecule has 0 saturated heterocycles. The van der Waals surface area contributed by atoms with Gasteiger partial charge in [-0.2, -0.15) is 0 Å². The van der Waals surface area contributed by atoms with Crippen molar-refractivity contribution in [1.82, 2.24) is 0 Å². The fraction of sp³-hybridized carbons (Fsp3) is 0.125. The van der Waals surface area contributed by atoms with E-state index in [4.69, 9.17) is 0 Å². The van der Waals surface area contributed by atoms with Crippen molar-refractivity contribution in [3.8, 4) is 0 Å². The molecule has 0 amide bonds. The van der Waals surface area contributed by atoms with Crippen LogP contribution in [0, 0.1) is 0 Å². The highest BCUT2D eigenvalue weighted by Crippen LogP contribution is 2.45. The number of benzene rings is 5. The van der Waals surface area contributed by atoms with Crippen molar-refractivity contribution in [2.45, 2.75) is 32.6 Å². The quantitative estimate of drug-likeness (QED) is 0.186. The lowest BCUT2D eigenvalue weighted by Crippen LogP contribution is -2.02. The molecule has 1 nitrogen and oxygen atoms in total. The topological polar surface area (TPSA) is 17.1 Å². The Morgan fingerprint density at radius 2 is 0.780 bits per heavy atom. The number of aryl methyl sites for hydroxylation is 4. The van der Waals surface area contributed by atoms with Crippen molar-refractivity contribution in [2.24, 2.45) is 0 Å². The van der Waals surface area contributed by atoms with Gasteiger partial charge in [0.15, 0.2) is 5.78 Å². The number of carbonyl (C=O) groups excluding carboxylic acids is 1. The van der Waals surface area contributed by atoms with E-state index in [0.29, 0.717) is 0 Å². The second-order valence-electron chi connectivity index (χ2n) is 10.8. The Labute approximate surface area is 243 Å². The zero-order chi connectivity index (χ0) is 28.0. The van der Waals surface area contributed by atoms with Gasteiger partial charge in [0.25, 0.3) is 0 Å². The van der Waals surface area contributed by atoms with E-state index in [1.165, 1.54) is 22.3 Å². The monoisotopic (exact) mass is 530 g/mol. The summed E-state index contributed by atoms with van der Waals surface area (Å²) in [6, 6.07) is 48.6. The average Bonchev–Trinajstić information content (AvgIpc) is 3.30. The summed E-state index contributed by atoms with van der Waals surface area (Å²) in [7, 11) is 0. The second-order valence-corrected chi connectivity index (χ2v) is 10.8. The van der Waals surface area contributed by atoms with E-state index in [0.717, 1.165) is 64.7 Å². The highest BCUT2D eigenvalue weighted by atomic mass is 16.1. The molecular weight excluding hydrogens is 496 g/mol. The maximum Gasteiger partial charge on any atom is 0.195 e. The lowest BCUT2D eigenvalue weighted by Gasteiger charge is -2.15. The molecule has 0 aromatic heterocycles. The van der Waals surface area contributed by atoms with Crippen LogP contribution in [-0.2, 0) is 30.5 Å². The van der Waals surface area contributed by atoms with Crippen molar-refractivity contribution in [2.75, 3.05) is 0 Å². The van der Waals surface area contributed by atoms with Gasteiger partial charge in [0, 0.05) is 11.1 Å². The molecule has 0 unspecified atom stereocenters. The molecule has 41 heavy (non-hydrogen) atoms. The minimum atomic E-state index is 0.107. The van der Waals surface area contributed by atoms with Gasteiger partial charge in [-0.15, -0.1) is 0 Å². The Morgan fingerprint density at radius 3 is 1.24 bits per heavy atom. The zero-order valence-corrected chi connectivity index (χ0v) is 23.5. The summed E-state index contributed by atoms with van der Waals surface area (Å²) < 4.78 is 0. The minimum absolute atomic E-state index is 0.107. The Kier molecular flexibility index (Phi) is 7.87. The van der Waals surface area contributed by atoms with Crippen LogP contribution in [0.3, 0.4) is 0 Å². The van der Waals surface area contributed by atoms with Crippen molar-refractivity contribution < 1.29 is 4.79 Å². The molecule has 200 valence electrons. The van der Waals surface area contributed by atoms with Crippen LogP contribution in [-0.4, -0.2) is 5.78 Å². The lowest BCUT2D eigenvalue weighted by atomic mass is 9.89. The Hall–Kier alpha value is -4.75. The van der Waals surface area contributed by atoms with Gasteiger partial charge in [-0.25, -0.2) is 0 Å². The molecule has 0 fully saturated rings. The normalized spacial score (nSPS) is 13.2. The minimum Gasteiger partial charge on any atom is -0.289 e. The van der Waals surface area contributed by atoms with Crippen molar-refractivity contribution in [3.05, 3.63) is 184 Å². The molecule has 0 radical (unpaired) electrons. The first-order chi connectivity index (χ1) is 20.2. The molecule has 1 aliphatic rings. The molecule has 5 aromatic carbocycles. The van der Waals surface area contributed by atoms with Gasteiger partial charge in [-0.3, -0.25) is 4.79 Å². The molecule has 0 N–H and O–H groups in total. The summed E-state index contributed by atoms with van der Waals surface area (Å²) in [5.41, 5.74) is 12.1. The fourth-order valence-corrected chi connectivity index (χ4v) is 5.98. The zero-order valence-electron chi connectivity index (χ0n) is 23.5. The highest BCUT2D eigenvalue weighted by Gasteiger charge is 2.32. The van der Waals surface area contributed by atoms with Gasteiger partial charge in [-0.05, 0) is 82.7 Å². The van der Waals surface area contributed by atoms with Crippen LogP contribution >= 0.6 is 0 Å². The van der Waals surface area contributed by atoms with E-state index in [1.54, 1.807) is 0 Å². The highest BCUT2D eigenvalue weighted by molar-refractivity contribution is 6.52. The fourth-order valence-electron chi connectivity index (χ4n) is 5.98. The first kappa shape index (κ1) is 26.5. The molecule has 0 heterocycles. The number of hydrogen-bond donors (Lipinski definition) is 0. The van der Waals surface area contributed by atoms with Crippen LogP contribution in [0.15, 0.2) is 145 Å². The number of ketones is 1. The van der Waals surface area contributed by atoms with Crippen molar-refractivity contribution in [1.29, 1.82) is 0 Å². The van der Waals surface area contributed by atoms with Crippen LogP contribution < -0.4 is 0 Å². The third-order valence-electron chi connectivity index (χ3n) is 8.01. The van der Waals surface area contributed by atoms with E-state index >= 15 is 0 Å². The Balaban J connectivity index is 1.46. The summed E-state index contributed by atoms with van der Waals surface area (Å²) in [6.45, 7) is 2.12. The van der Waals surface area contributed by atoms with Gasteiger partial charge in [-0.1, -0.05) is 140 Å². The molecule has 0 spiro atoms. The van der Waals surface area contributed by atoms with Gasteiger partial charge < -0.3 is 0 Å². The van der Waals surface area contributed by atoms with Gasteiger partial charge in [0.05, 0.1) is 0 Å². The summed E-state index contributed by atoms with van der Waals surface area (Å²) in [5, 5.41) is 0. The van der Waals surface area contributed by atoms with Crippen LogP contribution in [0.2, 0.25) is 0 Å². The summed E-state index contributed by atoms with van der Waals surface area (Å²) in [4.78, 5) is 14.2. The van der Waals surface area contributed by atoms with Crippen molar-refractivity contribution >= 4 is 22.5 Å². The smallest absolute Gasteiger partial charge is 0.195 e. The van der Waals surface area contributed by atoms with E-state index in [9.17, 15) is 4.79 Å². The van der Waals surface area contributed by atoms with Crippen LogP contribution in [0.25, 0.3) is 16.7 Å². The number of rotatable bonds is 9. The summed E-state index contributed by atoms with van der Waals surface area (Å²) in [5.74, 6) is 0.107. The molecule has 0 atom stereocenters. The first-order valence-electron chi connectivity index (χ1n) is 14.5. The van der Waals surface area contributed by atoms with Crippen LogP contribution in [0.1, 0.15) is 45.9 Å². The van der Waals surface area contributed by atoms with E-state index in [2.05, 4.69) is 97.9 Å². The van der Waals surface area contributed by atoms with Crippen LogP contribution in [0.5, 0.6) is 0 Å². The second kappa shape index (κ2) is 12.2. The van der Waals surface area contributed by atoms with Gasteiger partial charge in [0.1, 0.15) is 0 Å². The molecule has 0 saturated carbocycles. The van der Waals surface area contributed by atoms with E-state index in [1.807, 2.05) is 48.5 Å². The van der Waals surface area contributed by atoms with Crippen LogP contribution in [0.4, 0.5) is 0 Å². The first-order valence-corrected chi connectivity index (χ1v) is 14.5. The lowest BCUT2D eigenvalue weighted by molar-refractivity contribution is -0.108. The maximum absolute atomic E-state index is 14.2. The molecule has 1 heteroatoms. The van der Waals surface area contributed by atoms with E-state index < -0.39 is 0 Å². The molecule has 1 aliphatic carbocycles. The standard InChI is InChI=1S/C40H34O/c1-29-37(39(35-20-12-5-13-21-35)40(41)38(29)34-18-10-4-11-19-34)36-27-32(24-22-30-14-6-2-7-15-30)26-33(28-36)25-23-31-16-8-3-9-17-31/h2-21,26-28H,22-25H2,1H3. The number of allylic oxidation sites excluding steroid dienone is 4. The number of Topliss-reactive ketones (excluding diaryl/α,β-unsaturated/α-hetero) is 1. The molecule has 5 aromatic rings. The molecule has 6 rings (SSSR count). The SMILES string of the molecule is CC1=C(c2ccccc2)C(=O)C(c2ccccc2)=C1c1cc(CCc2ccccc2)cc(CCc2ccccc2)c1. The summed E-state index contributed by atoms with van der Waals surface area (Å²) >= 11 is 0. The molecule has 0 aliphatic heterocycles.